The van der Waals surface area contributed by atoms with Gasteiger partial charge in [-0.1, -0.05) is 49.4 Å². The van der Waals surface area contributed by atoms with Crippen molar-refractivity contribution in [1.82, 2.24) is 14.8 Å². The first-order valence-electron chi connectivity index (χ1n) is 12.6. The number of likely N-dealkylation sites (N-methyl/N-ethyl adjacent to an activating group) is 1. The molecule has 7 nitrogen and oxygen atoms in total. The van der Waals surface area contributed by atoms with Crippen LogP contribution >= 0.6 is 0 Å². The molecule has 0 unspecified atom stereocenters. The van der Waals surface area contributed by atoms with Gasteiger partial charge in [0.2, 0.25) is 5.88 Å². The first-order valence-corrected chi connectivity index (χ1v) is 12.6. The predicted molar refractivity (Wildman–Crippen MR) is 144 cm³/mol. The van der Waals surface area contributed by atoms with E-state index in [-0.39, 0.29) is 36.8 Å². The van der Waals surface area contributed by atoms with E-state index in [0.29, 0.717) is 17.7 Å². The Balaban J connectivity index is 1.63. The van der Waals surface area contributed by atoms with Crippen molar-refractivity contribution in [2.24, 2.45) is 5.92 Å². The van der Waals surface area contributed by atoms with Crippen LogP contribution in [0.25, 0.3) is 12.2 Å². The Morgan fingerprint density at radius 1 is 1.18 bits per heavy atom. The zero-order valence-corrected chi connectivity index (χ0v) is 21.8. The normalized spacial score (nSPS) is 18.3. The molecule has 1 aromatic heterocycles. The number of fused-ring (bicyclic) bond motifs is 1. The molecule has 2 amide bonds. The van der Waals surface area contributed by atoms with E-state index in [2.05, 4.69) is 4.98 Å². The average molecular weight is 518 g/mol. The number of carbonyl (C=O) groups is 2. The smallest absolute Gasteiger partial charge is 0.259 e. The molecule has 0 saturated heterocycles. The van der Waals surface area contributed by atoms with Crippen molar-refractivity contribution < 1.29 is 23.8 Å². The maximum atomic E-state index is 13.6. The van der Waals surface area contributed by atoms with Gasteiger partial charge in [0.1, 0.15) is 17.5 Å². The Hall–Kier alpha value is -4.04. The maximum Gasteiger partial charge on any atom is 0.259 e. The van der Waals surface area contributed by atoms with E-state index >= 15 is 0 Å². The van der Waals surface area contributed by atoms with Crippen LogP contribution in [0.15, 0.2) is 66.9 Å². The molecule has 4 rings (SSSR count). The minimum atomic E-state index is -0.483. The van der Waals surface area contributed by atoms with Crippen molar-refractivity contribution in [2.75, 3.05) is 26.7 Å². The number of aromatic nitrogens is 1. The highest BCUT2D eigenvalue weighted by Crippen LogP contribution is 2.28. The quantitative estimate of drug-likeness (QED) is 0.503. The highest BCUT2D eigenvalue weighted by molar-refractivity contribution is 5.97. The van der Waals surface area contributed by atoms with E-state index in [9.17, 15) is 19.1 Å². The summed E-state index contributed by atoms with van der Waals surface area (Å²) in [6.45, 7) is 4.09. The van der Waals surface area contributed by atoms with E-state index < -0.39 is 18.0 Å². The standard InChI is InChI=1S/C30H32FN3O4/c1-20-17-34(21(2)19-35)30(37)26-15-23(10-9-22-7-5-4-6-8-22)16-32-28(26)38-27(20)18-33(3)29(36)24-11-13-25(31)14-12-24/h4-16,20-21,27,35H,17-19H2,1-3H3/b10-9+/t20-,21-,27-/m1/s1. The third-order valence-electron chi connectivity index (χ3n) is 6.70. The molecular weight excluding hydrogens is 485 g/mol. The van der Waals surface area contributed by atoms with Crippen molar-refractivity contribution in [3.05, 3.63) is 94.9 Å². The minimum Gasteiger partial charge on any atom is -0.472 e. The summed E-state index contributed by atoms with van der Waals surface area (Å²) in [5.74, 6) is -0.950. The molecule has 1 N–H and O–H groups in total. The first kappa shape index (κ1) is 27.0. The zero-order valence-electron chi connectivity index (χ0n) is 21.8. The topological polar surface area (TPSA) is 83.0 Å². The fraction of sp³-hybridized carbons (Fsp3) is 0.300. The van der Waals surface area contributed by atoms with Crippen LogP contribution in [-0.2, 0) is 0 Å². The van der Waals surface area contributed by atoms with Gasteiger partial charge in [0, 0.05) is 31.3 Å². The number of hydrogen-bond donors (Lipinski definition) is 1. The van der Waals surface area contributed by atoms with Gasteiger partial charge in [0.25, 0.3) is 11.8 Å². The number of aliphatic hydroxyl groups excluding tert-OH is 1. The van der Waals surface area contributed by atoms with Gasteiger partial charge >= 0.3 is 0 Å². The summed E-state index contributed by atoms with van der Waals surface area (Å²) in [4.78, 5) is 34.2. The fourth-order valence-corrected chi connectivity index (χ4v) is 4.35. The molecule has 3 aromatic rings. The van der Waals surface area contributed by atoms with E-state index in [1.165, 1.54) is 29.2 Å². The molecule has 2 heterocycles. The maximum absolute atomic E-state index is 13.6. The van der Waals surface area contributed by atoms with Crippen molar-refractivity contribution in [3.63, 3.8) is 0 Å². The van der Waals surface area contributed by atoms with Crippen LogP contribution in [0.5, 0.6) is 5.88 Å². The van der Waals surface area contributed by atoms with Crippen LogP contribution < -0.4 is 4.74 Å². The van der Waals surface area contributed by atoms with Gasteiger partial charge in [-0.25, -0.2) is 9.37 Å². The molecule has 0 saturated carbocycles. The van der Waals surface area contributed by atoms with Gasteiger partial charge in [-0.05, 0) is 48.4 Å². The Morgan fingerprint density at radius 2 is 1.87 bits per heavy atom. The van der Waals surface area contributed by atoms with Crippen LogP contribution in [0.2, 0.25) is 0 Å². The summed E-state index contributed by atoms with van der Waals surface area (Å²) in [7, 11) is 1.66. The van der Waals surface area contributed by atoms with E-state index in [1.54, 1.807) is 31.1 Å². The highest BCUT2D eigenvalue weighted by atomic mass is 19.1. The summed E-state index contributed by atoms with van der Waals surface area (Å²) in [5, 5.41) is 9.86. The molecule has 198 valence electrons. The predicted octanol–water partition coefficient (Wildman–Crippen LogP) is 4.38. The van der Waals surface area contributed by atoms with E-state index in [1.807, 2.05) is 49.4 Å². The molecule has 1 aliphatic rings. The second kappa shape index (κ2) is 12.0. The molecule has 0 spiro atoms. The van der Waals surface area contributed by atoms with Crippen LogP contribution in [0.3, 0.4) is 0 Å². The molecule has 0 aliphatic carbocycles. The van der Waals surface area contributed by atoms with Crippen molar-refractivity contribution in [3.8, 4) is 5.88 Å². The second-order valence-electron chi connectivity index (χ2n) is 9.68. The third-order valence-corrected chi connectivity index (χ3v) is 6.70. The van der Waals surface area contributed by atoms with Gasteiger partial charge < -0.3 is 19.6 Å². The number of carbonyl (C=O) groups excluding carboxylic acids is 2. The molecule has 0 radical (unpaired) electrons. The van der Waals surface area contributed by atoms with Gasteiger partial charge in [0.05, 0.1) is 19.2 Å². The number of benzene rings is 2. The van der Waals surface area contributed by atoms with Crippen LogP contribution in [0.4, 0.5) is 4.39 Å². The molecular formula is C30H32FN3O4. The third kappa shape index (κ3) is 6.26. The van der Waals surface area contributed by atoms with Crippen LogP contribution in [0.1, 0.15) is 45.7 Å². The molecule has 1 aliphatic heterocycles. The second-order valence-corrected chi connectivity index (χ2v) is 9.68. The van der Waals surface area contributed by atoms with Crippen LogP contribution in [0, 0.1) is 11.7 Å². The average Bonchev–Trinajstić information content (AvgIpc) is 2.94. The van der Waals surface area contributed by atoms with Crippen molar-refractivity contribution in [1.29, 1.82) is 0 Å². The lowest BCUT2D eigenvalue weighted by atomic mass is 9.99. The fourth-order valence-electron chi connectivity index (χ4n) is 4.35. The van der Waals surface area contributed by atoms with Crippen molar-refractivity contribution in [2.45, 2.75) is 26.0 Å². The lowest BCUT2D eigenvalue weighted by molar-refractivity contribution is 0.0313. The van der Waals surface area contributed by atoms with Gasteiger partial charge in [-0.2, -0.15) is 0 Å². The number of aliphatic hydroxyl groups is 1. The molecule has 8 heteroatoms. The number of rotatable bonds is 7. The number of halogens is 1. The van der Waals surface area contributed by atoms with Gasteiger partial charge in [0.15, 0.2) is 0 Å². The minimum absolute atomic E-state index is 0.177. The summed E-state index contributed by atoms with van der Waals surface area (Å²) in [6, 6.07) is 16.5. The summed E-state index contributed by atoms with van der Waals surface area (Å²) < 4.78 is 19.6. The zero-order chi connectivity index (χ0) is 27.2. The Bertz CT molecular complexity index is 1300. The first-order chi connectivity index (χ1) is 18.3. The number of amides is 2. The Kier molecular flexibility index (Phi) is 8.53. The molecule has 3 atom stereocenters. The van der Waals surface area contributed by atoms with Crippen molar-refractivity contribution >= 4 is 24.0 Å². The summed E-state index contributed by atoms with van der Waals surface area (Å²) >= 11 is 0. The monoisotopic (exact) mass is 517 g/mol. The lowest BCUT2D eigenvalue weighted by Gasteiger charge is -2.37. The molecule has 0 fully saturated rings. The highest BCUT2D eigenvalue weighted by Gasteiger charge is 2.34. The van der Waals surface area contributed by atoms with Gasteiger partial charge in [-0.3, -0.25) is 9.59 Å². The number of nitrogens with zero attached hydrogens (tertiary/aromatic N) is 3. The Labute approximate surface area is 222 Å². The molecule has 2 aromatic carbocycles. The largest absolute Gasteiger partial charge is 0.472 e. The summed E-state index contributed by atoms with van der Waals surface area (Å²) in [6.07, 6.45) is 4.97. The SMILES string of the molecule is C[C@@H]1CN([C@H](C)CO)C(=O)c2cc(/C=C/c3ccccc3)cnc2O[C@@H]1CN(C)C(=O)c1ccc(F)cc1. The lowest BCUT2D eigenvalue weighted by Crippen LogP contribution is -2.50. The molecule has 0 bridgehead atoms. The number of pyridine rings is 1. The van der Waals surface area contributed by atoms with E-state index in [0.717, 1.165) is 11.1 Å². The van der Waals surface area contributed by atoms with E-state index in [4.69, 9.17) is 4.74 Å². The number of hydrogen-bond acceptors (Lipinski definition) is 5. The summed E-state index contributed by atoms with van der Waals surface area (Å²) in [5.41, 5.74) is 2.41. The number of ether oxygens (including phenoxy) is 1. The van der Waals surface area contributed by atoms with Gasteiger partial charge in [-0.15, -0.1) is 0 Å². The Morgan fingerprint density at radius 3 is 2.55 bits per heavy atom. The molecule has 38 heavy (non-hydrogen) atoms. The van der Waals surface area contributed by atoms with Crippen LogP contribution in [-0.4, -0.2) is 70.6 Å².